The summed E-state index contributed by atoms with van der Waals surface area (Å²) in [4.78, 5) is 14.4. The van der Waals surface area contributed by atoms with E-state index < -0.39 is 6.10 Å². The van der Waals surface area contributed by atoms with Gasteiger partial charge in [0.1, 0.15) is 5.75 Å². The highest BCUT2D eigenvalue weighted by Crippen LogP contribution is 2.22. The summed E-state index contributed by atoms with van der Waals surface area (Å²) in [6.07, 6.45) is 0.225. The van der Waals surface area contributed by atoms with Crippen molar-refractivity contribution in [2.24, 2.45) is 0 Å². The van der Waals surface area contributed by atoms with Gasteiger partial charge in [-0.15, -0.1) is 0 Å². The second-order valence-electron chi connectivity index (χ2n) is 5.46. The van der Waals surface area contributed by atoms with Crippen LogP contribution in [0.1, 0.15) is 13.3 Å². The predicted octanol–water partition coefficient (Wildman–Crippen LogP) is 2.86. The normalized spacial score (nSPS) is 16.5. The smallest absolute Gasteiger partial charge is 0.263 e. The van der Waals surface area contributed by atoms with Gasteiger partial charge in [0, 0.05) is 13.1 Å². The maximum absolute atomic E-state index is 12.5. The molecule has 0 bridgehead atoms. The van der Waals surface area contributed by atoms with Crippen LogP contribution in [-0.2, 0) is 9.53 Å². The molecule has 0 saturated carbocycles. The Morgan fingerprint density at radius 3 is 2.64 bits per heavy atom. The number of morpholine rings is 1. The quantitative estimate of drug-likeness (QED) is 0.871. The van der Waals surface area contributed by atoms with E-state index in [0.29, 0.717) is 32.7 Å². The summed E-state index contributed by atoms with van der Waals surface area (Å²) in [7, 11) is 0. The van der Waals surface area contributed by atoms with E-state index in [-0.39, 0.29) is 5.91 Å². The molecular formula is C18H21NO3. The lowest BCUT2D eigenvalue weighted by atomic mass is 10.1. The van der Waals surface area contributed by atoms with Crippen LogP contribution in [0.3, 0.4) is 0 Å². The summed E-state index contributed by atoms with van der Waals surface area (Å²) in [5.41, 5.74) is 0. The largest absolute Gasteiger partial charge is 0.481 e. The second-order valence-corrected chi connectivity index (χ2v) is 5.46. The average Bonchev–Trinajstić information content (AvgIpc) is 2.59. The molecule has 0 radical (unpaired) electrons. The molecule has 2 aromatic rings. The SMILES string of the molecule is CC[C@@H](Oc1ccc2ccccc2c1)C(=O)N1CCOCC1. The van der Waals surface area contributed by atoms with Crippen LogP contribution >= 0.6 is 0 Å². The summed E-state index contributed by atoms with van der Waals surface area (Å²) in [5, 5.41) is 2.29. The van der Waals surface area contributed by atoms with Crippen LogP contribution in [0.15, 0.2) is 42.5 Å². The first kappa shape index (κ1) is 14.9. The van der Waals surface area contributed by atoms with Crippen LogP contribution in [0.5, 0.6) is 5.75 Å². The number of nitrogens with zero attached hydrogens (tertiary/aromatic N) is 1. The number of benzene rings is 2. The minimum atomic E-state index is -0.431. The zero-order valence-electron chi connectivity index (χ0n) is 12.8. The third kappa shape index (κ3) is 3.22. The highest BCUT2D eigenvalue weighted by Gasteiger charge is 2.26. The summed E-state index contributed by atoms with van der Waals surface area (Å²) < 4.78 is 11.2. The van der Waals surface area contributed by atoms with E-state index in [2.05, 4.69) is 6.07 Å². The lowest BCUT2D eigenvalue weighted by Gasteiger charge is -2.30. The fraction of sp³-hybridized carbons (Fsp3) is 0.389. The second kappa shape index (κ2) is 6.79. The van der Waals surface area contributed by atoms with Gasteiger partial charge in [-0.05, 0) is 29.3 Å². The first-order chi connectivity index (χ1) is 10.8. The Morgan fingerprint density at radius 1 is 1.18 bits per heavy atom. The van der Waals surface area contributed by atoms with E-state index in [9.17, 15) is 4.79 Å². The van der Waals surface area contributed by atoms with Crippen LogP contribution in [-0.4, -0.2) is 43.2 Å². The van der Waals surface area contributed by atoms with Gasteiger partial charge in [0.25, 0.3) is 5.91 Å². The van der Waals surface area contributed by atoms with E-state index in [1.165, 1.54) is 5.39 Å². The van der Waals surface area contributed by atoms with Crippen LogP contribution in [0.2, 0.25) is 0 Å². The number of carbonyl (C=O) groups is 1. The molecule has 1 fully saturated rings. The minimum absolute atomic E-state index is 0.0546. The molecule has 2 aromatic carbocycles. The molecule has 1 amide bonds. The lowest BCUT2D eigenvalue weighted by molar-refractivity contribution is -0.142. The third-order valence-corrected chi connectivity index (χ3v) is 3.97. The Bertz CT molecular complexity index is 650. The van der Waals surface area contributed by atoms with Crippen molar-refractivity contribution < 1.29 is 14.3 Å². The number of amides is 1. The van der Waals surface area contributed by atoms with Gasteiger partial charge in [-0.3, -0.25) is 4.79 Å². The molecule has 0 aromatic heterocycles. The van der Waals surface area contributed by atoms with Crippen molar-refractivity contribution in [3.05, 3.63) is 42.5 Å². The van der Waals surface area contributed by atoms with Crippen molar-refractivity contribution in [3.63, 3.8) is 0 Å². The molecule has 1 aliphatic heterocycles. The zero-order valence-corrected chi connectivity index (χ0v) is 12.8. The van der Waals surface area contributed by atoms with Crippen LogP contribution in [0.25, 0.3) is 10.8 Å². The molecule has 22 heavy (non-hydrogen) atoms. The van der Waals surface area contributed by atoms with E-state index in [0.717, 1.165) is 11.1 Å². The van der Waals surface area contributed by atoms with Gasteiger partial charge in [0.05, 0.1) is 13.2 Å². The summed E-state index contributed by atoms with van der Waals surface area (Å²) in [6, 6.07) is 14.1. The van der Waals surface area contributed by atoms with Gasteiger partial charge < -0.3 is 14.4 Å². The maximum Gasteiger partial charge on any atom is 0.263 e. The van der Waals surface area contributed by atoms with Gasteiger partial charge in [-0.2, -0.15) is 0 Å². The maximum atomic E-state index is 12.5. The minimum Gasteiger partial charge on any atom is -0.481 e. The molecule has 0 N–H and O–H groups in total. The molecule has 4 nitrogen and oxygen atoms in total. The molecule has 0 spiro atoms. The van der Waals surface area contributed by atoms with E-state index >= 15 is 0 Å². The number of fused-ring (bicyclic) bond motifs is 1. The fourth-order valence-electron chi connectivity index (χ4n) is 2.70. The first-order valence-corrected chi connectivity index (χ1v) is 7.80. The van der Waals surface area contributed by atoms with Crippen molar-refractivity contribution in [2.75, 3.05) is 26.3 Å². The van der Waals surface area contributed by atoms with Crippen molar-refractivity contribution in [3.8, 4) is 5.75 Å². The standard InChI is InChI=1S/C18H21NO3/c1-2-17(18(20)19-9-11-21-12-10-19)22-16-8-7-14-5-3-4-6-15(14)13-16/h3-8,13,17H,2,9-12H2,1H3/t17-/m1/s1. The Balaban J connectivity index is 1.74. The van der Waals surface area contributed by atoms with Crippen LogP contribution < -0.4 is 4.74 Å². The molecule has 0 aliphatic carbocycles. The number of rotatable bonds is 4. The summed E-state index contributed by atoms with van der Waals surface area (Å²) in [5.74, 6) is 0.797. The molecule has 4 heteroatoms. The predicted molar refractivity (Wildman–Crippen MR) is 86.1 cm³/mol. The number of ether oxygens (including phenoxy) is 2. The molecular weight excluding hydrogens is 278 g/mol. The number of hydrogen-bond acceptors (Lipinski definition) is 3. The summed E-state index contributed by atoms with van der Waals surface area (Å²) >= 11 is 0. The number of carbonyl (C=O) groups excluding carboxylic acids is 1. The monoisotopic (exact) mass is 299 g/mol. The van der Waals surface area contributed by atoms with Crippen LogP contribution in [0.4, 0.5) is 0 Å². The van der Waals surface area contributed by atoms with Crippen molar-refractivity contribution in [2.45, 2.75) is 19.4 Å². The molecule has 3 rings (SSSR count). The lowest BCUT2D eigenvalue weighted by Crippen LogP contribution is -2.47. The molecule has 1 aliphatic rings. The van der Waals surface area contributed by atoms with Crippen molar-refractivity contribution >= 4 is 16.7 Å². The van der Waals surface area contributed by atoms with Crippen molar-refractivity contribution in [1.29, 1.82) is 0 Å². The molecule has 116 valence electrons. The van der Waals surface area contributed by atoms with Gasteiger partial charge in [-0.1, -0.05) is 37.3 Å². The highest BCUT2D eigenvalue weighted by molar-refractivity contribution is 5.84. The fourth-order valence-corrected chi connectivity index (χ4v) is 2.70. The Kier molecular flexibility index (Phi) is 4.59. The van der Waals surface area contributed by atoms with Gasteiger partial charge in [0.15, 0.2) is 6.10 Å². The Labute approximate surface area is 130 Å². The van der Waals surface area contributed by atoms with E-state index in [4.69, 9.17) is 9.47 Å². The highest BCUT2D eigenvalue weighted by atomic mass is 16.5. The van der Waals surface area contributed by atoms with Gasteiger partial charge in [0.2, 0.25) is 0 Å². The zero-order chi connectivity index (χ0) is 15.4. The molecule has 0 unspecified atom stereocenters. The van der Waals surface area contributed by atoms with Crippen molar-refractivity contribution in [1.82, 2.24) is 4.90 Å². The first-order valence-electron chi connectivity index (χ1n) is 7.80. The average molecular weight is 299 g/mol. The third-order valence-electron chi connectivity index (χ3n) is 3.97. The van der Waals surface area contributed by atoms with Gasteiger partial charge in [-0.25, -0.2) is 0 Å². The Hall–Kier alpha value is -2.07. The molecule has 1 atom stereocenters. The molecule has 1 saturated heterocycles. The van der Waals surface area contributed by atoms with Gasteiger partial charge >= 0.3 is 0 Å². The van der Waals surface area contributed by atoms with E-state index in [1.54, 1.807) is 0 Å². The summed E-state index contributed by atoms with van der Waals surface area (Å²) in [6.45, 7) is 4.49. The number of hydrogen-bond donors (Lipinski definition) is 0. The Morgan fingerprint density at radius 2 is 1.91 bits per heavy atom. The van der Waals surface area contributed by atoms with Crippen LogP contribution in [0, 0.1) is 0 Å². The van der Waals surface area contributed by atoms with E-state index in [1.807, 2.05) is 48.2 Å². The molecule has 1 heterocycles. The topological polar surface area (TPSA) is 38.8 Å².